The van der Waals surface area contributed by atoms with Gasteiger partial charge >= 0.3 is 0 Å². The van der Waals surface area contributed by atoms with Gasteiger partial charge in [0, 0.05) is 36.7 Å². The highest BCUT2D eigenvalue weighted by atomic mass is 15.1. The molecule has 0 spiro atoms. The summed E-state index contributed by atoms with van der Waals surface area (Å²) in [5, 5.41) is 3.39. The molecule has 1 N–H and O–H groups in total. The Morgan fingerprint density at radius 2 is 2.11 bits per heavy atom. The second-order valence-electron chi connectivity index (χ2n) is 5.03. The lowest BCUT2D eigenvalue weighted by Crippen LogP contribution is -2.08. The van der Waals surface area contributed by atoms with E-state index in [9.17, 15) is 0 Å². The minimum absolute atomic E-state index is 0.427. The van der Waals surface area contributed by atoms with Crippen LogP contribution in [-0.2, 0) is 6.54 Å². The van der Waals surface area contributed by atoms with Crippen molar-refractivity contribution in [1.29, 1.82) is 0 Å². The normalized spacial score (nSPS) is 10.9. The lowest BCUT2D eigenvalue weighted by Gasteiger charge is -2.11. The Morgan fingerprint density at radius 1 is 1.26 bits per heavy atom. The number of hydrogen-bond donors (Lipinski definition) is 1. The van der Waals surface area contributed by atoms with Gasteiger partial charge in [-0.15, -0.1) is 0 Å². The number of pyridine rings is 1. The number of imidazole rings is 1. The molecule has 0 aliphatic carbocycles. The Labute approximate surface area is 114 Å². The monoisotopic (exact) mass is 258 g/mol. The van der Waals surface area contributed by atoms with Crippen LogP contribution >= 0.6 is 0 Å². The minimum atomic E-state index is 0.427. The Kier molecular flexibility index (Phi) is 4.55. The third kappa shape index (κ3) is 3.56. The average molecular weight is 258 g/mol. The number of anilines is 1. The second-order valence-corrected chi connectivity index (χ2v) is 5.03. The molecule has 2 aromatic rings. The van der Waals surface area contributed by atoms with Gasteiger partial charge in [-0.05, 0) is 18.6 Å². The van der Waals surface area contributed by atoms with Gasteiger partial charge in [0.05, 0.1) is 12.2 Å². The number of hydrogen-bond acceptors (Lipinski definition) is 3. The predicted molar refractivity (Wildman–Crippen MR) is 78.4 cm³/mol. The van der Waals surface area contributed by atoms with Gasteiger partial charge in [-0.2, -0.15) is 0 Å². The van der Waals surface area contributed by atoms with Gasteiger partial charge in [0.1, 0.15) is 5.82 Å². The molecule has 0 unspecified atom stereocenters. The van der Waals surface area contributed by atoms with Crippen LogP contribution in [0.15, 0.2) is 30.7 Å². The van der Waals surface area contributed by atoms with Crippen molar-refractivity contribution in [2.24, 2.45) is 0 Å². The van der Waals surface area contributed by atoms with Crippen molar-refractivity contribution in [2.45, 2.75) is 39.7 Å². The Balaban J connectivity index is 2.12. The molecule has 0 saturated heterocycles. The number of nitrogens with zero attached hydrogens (tertiary/aromatic N) is 3. The maximum atomic E-state index is 4.43. The Morgan fingerprint density at radius 3 is 2.84 bits per heavy atom. The first-order valence-corrected chi connectivity index (χ1v) is 6.90. The van der Waals surface area contributed by atoms with E-state index in [0.29, 0.717) is 5.92 Å². The van der Waals surface area contributed by atoms with Crippen molar-refractivity contribution < 1.29 is 0 Å². The molecule has 102 valence electrons. The molecule has 0 saturated carbocycles. The zero-order chi connectivity index (χ0) is 13.7. The molecule has 0 amide bonds. The lowest BCUT2D eigenvalue weighted by molar-refractivity contribution is 0.661. The van der Waals surface area contributed by atoms with Crippen LogP contribution in [0.1, 0.15) is 44.6 Å². The largest absolute Gasteiger partial charge is 0.385 e. The van der Waals surface area contributed by atoms with Gasteiger partial charge in [0.25, 0.3) is 0 Å². The Hall–Kier alpha value is -1.84. The summed E-state index contributed by atoms with van der Waals surface area (Å²) < 4.78 is 2.16. The molecule has 0 fully saturated rings. The average Bonchev–Trinajstić information content (AvgIpc) is 2.85. The molecular weight excluding hydrogens is 236 g/mol. The Bertz CT molecular complexity index is 516. The third-order valence-electron chi connectivity index (χ3n) is 2.99. The molecule has 0 radical (unpaired) electrons. The van der Waals surface area contributed by atoms with Crippen molar-refractivity contribution in [3.8, 4) is 0 Å². The molecule has 2 heterocycles. The highest BCUT2D eigenvalue weighted by Crippen LogP contribution is 2.14. The zero-order valence-electron chi connectivity index (χ0n) is 11.9. The van der Waals surface area contributed by atoms with Crippen LogP contribution < -0.4 is 5.32 Å². The fourth-order valence-corrected chi connectivity index (χ4v) is 2.07. The summed E-state index contributed by atoms with van der Waals surface area (Å²) in [5.74, 6) is 1.53. The van der Waals surface area contributed by atoms with E-state index in [-0.39, 0.29) is 0 Å². The van der Waals surface area contributed by atoms with Crippen molar-refractivity contribution in [3.05, 3.63) is 42.2 Å². The van der Waals surface area contributed by atoms with Crippen LogP contribution in [0.25, 0.3) is 0 Å². The van der Waals surface area contributed by atoms with Crippen molar-refractivity contribution in [1.82, 2.24) is 14.5 Å². The van der Waals surface area contributed by atoms with Crippen LogP contribution in [0.3, 0.4) is 0 Å². The first kappa shape index (κ1) is 13.6. The van der Waals surface area contributed by atoms with Crippen LogP contribution in [-0.4, -0.2) is 21.1 Å². The maximum Gasteiger partial charge on any atom is 0.111 e. The quantitative estimate of drug-likeness (QED) is 0.864. The molecule has 0 aliphatic heterocycles. The standard InChI is InChI=1S/C15H22N4/c1-4-6-16-13-5-7-17-14(10-13)11-19-9-8-18-15(19)12(2)3/h5,7-10,12H,4,6,11H2,1-3H3,(H,16,17). The van der Waals surface area contributed by atoms with E-state index in [0.717, 1.165) is 36.7 Å². The van der Waals surface area contributed by atoms with Gasteiger partial charge in [0.15, 0.2) is 0 Å². The molecule has 4 heteroatoms. The molecule has 0 aromatic carbocycles. The van der Waals surface area contributed by atoms with Crippen LogP contribution in [0.2, 0.25) is 0 Å². The summed E-state index contributed by atoms with van der Waals surface area (Å²) in [6.07, 6.45) is 6.85. The summed E-state index contributed by atoms with van der Waals surface area (Å²) in [4.78, 5) is 8.84. The summed E-state index contributed by atoms with van der Waals surface area (Å²) in [6, 6.07) is 4.12. The van der Waals surface area contributed by atoms with Crippen molar-refractivity contribution >= 4 is 5.69 Å². The van der Waals surface area contributed by atoms with E-state index >= 15 is 0 Å². The highest BCUT2D eigenvalue weighted by Gasteiger charge is 2.08. The summed E-state index contributed by atoms with van der Waals surface area (Å²) >= 11 is 0. The smallest absolute Gasteiger partial charge is 0.111 e. The molecule has 0 bridgehead atoms. The summed E-state index contributed by atoms with van der Waals surface area (Å²) in [5.41, 5.74) is 2.19. The minimum Gasteiger partial charge on any atom is -0.385 e. The maximum absolute atomic E-state index is 4.43. The van der Waals surface area contributed by atoms with E-state index in [1.807, 2.05) is 24.7 Å². The fourth-order valence-electron chi connectivity index (χ4n) is 2.07. The van der Waals surface area contributed by atoms with Crippen LogP contribution in [0.5, 0.6) is 0 Å². The fraction of sp³-hybridized carbons (Fsp3) is 0.467. The molecule has 4 nitrogen and oxygen atoms in total. The molecule has 19 heavy (non-hydrogen) atoms. The molecule has 0 aliphatic rings. The number of nitrogens with one attached hydrogen (secondary N) is 1. The number of aromatic nitrogens is 3. The van der Waals surface area contributed by atoms with Crippen molar-refractivity contribution in [2.75, 3.05) is 11.9 Å². The van der Waals surface area contributed by atoms with Gasteiger partial charge in [-0.1, -0.05) is 20.8 Å². The second kappa shape index (κ2) is 6.36. The first-order valence-electron chi connectivity index (χ1n) is 6.90. The third-order valence-corrected chi connectivity index (χ3v) is 2.99. The lowest BCUT2D eigenvalue weighted by atomic mass is 10.2. The van der Waals surface area contributed by atoms with Gasteiger partial charge in [-0.3, -0.25) is 4.98 Å². The van der Waals surface area contributed by atoms with E-state index in [1.54, 1.807) is 0 Å². The summed E-state index contributed by atoms with van der Waals surface area (Å²) in [6.45, 7) is 8.24. The first-order chi connectivity index (χ1) is 9.20. The molecule has 0 atom stereocenters. The van der Waals surface area contributed by atoms with E-state index in [1.165, 1.54) is 0 Å². The highest BCUT2D eigenvalue weighted by molar-refractivity contribution is 5.43. The van der Waals surface area contributed by atoms with Gasteiger partial charge in [0.2, 0.25) is 0 Å². The van der Waals surface area contributed by atoms with E-state index in [2.05, 4.69) is 46.7 Å². The van der Waals surface area contributed by atoms with Gasteiger partial charge in [-0.25, -0.2) is 4.98 Å². The van der Waals surface area contributed by atoms with Gasteiger partial charge < -0.3 is 9.88 Å². The summed E-state index contributed by atoms with van der Waals surface area (Å²) in [7, 11) is 0. The SMILES string of the molecule is CCCNc1ccnc(Cn2ccnc2C(C)C)c1. The van der Waals surface area contributed by atoms with E-state index in [4.69, 9.17) is 0 Å². The van der Waals surface area contributed by atoms with Crippen LogP contribution in [0.4, 0.5) is 5.69 Å². The van der Waals surface area contributed by atoms with E-state index < -0.39 is 0 Å². The molecule has 2 aromatic heterocycles. The topological polar surface area (TPSA) is 42.7 Å². The number of rotatable bonds is 6. The van der Waals surface area contributed by atoms with Crippen molar-refractivity contribution in [3.63, 3.8) is 0 Å². The predicted octanol–water partition coefficient (Wildman–Crippen LogP) is 3.27. The molecule has 2 rings (SSSR count). The molecular formula is C15H22N4. The zero-order valence-corrected chi connectivity index (χ0v) is 11.9. The van der Waals surface area contributed by atoms with Crippen LogP contribution in [0, 0.1) is 0 Å².